The van der Waals surface area contributed by atoms with E-state index in [0.717, 1.165) is 42.1 Å². The highest BCUT2D eigenvalue weighted by molar-refractivity contribution is 7.45. The Hall–Kier alpha value is -5.70. The molecule has 3 fully saturated rings. The molecule has 3 saturated heterocycles. The highest BCUT2D eigenvalue weighted by Gasteiger charge is 2.56. The molecule has 10 rings (SSSR count). The van der Waals surface area contributed by atoms with Crippen molar-refractivity contribution in [2.45, 2.75) is 133 Å². The van der Waals surface area contributed by atoms with Crippen LogP contribution in [-0.2, 0) is 38.1 Å². The molecular formula is C62H77N6O9PSi2. The van der Waals surface area contributed by atoms with E-state index in [1.807, 2.05) is 47.0 Å². The van der Waals surface area contributed by atoms with Gasteiger partial charge in [0.25, 0.3) is 8.53 Å². The number of fused-ring (bicyclic) bond motifs is 2. The fraction of sp³-hybridized carbons (Fsp3) is 0.419. The maximum Gasteiger partial charge on any atom is 0.259 e. The number of carbonyl (C=O) groups is 1. The molecule has 7 atom stereocenters. The van der Waals surface area contributed by atoms with Crippen molar-refractivity contribution in [1.29, 1.82) is 0 Å². The van der Waals surface area contributed by atoms with E-state index in [0.29, 0.717) is 39.3 Å². The van der Waals surface area contributed by atoms with Gasteiger partial charge in [0.2, 0.25) is 14.2 Å². The summed E-state index contributed by atoms with van der Waals surface area (Å²) < 4.78 is 60.5. The zero-order valence-electron chi connectivity index (χ0n) is 47.7. The number of nitrogens with one attached hydrogen (secondary N) is 1. The van der Waals surface area contributed by atoms with Crippen molar-refractivity contribution in [3.05, 3.63) is 169 Å². The third-order valence-corrected chi connectivity index (χ3v) is 29.2. The molecule has 1 unspecified atom stereocenters. The second-order valence-electron chi connectivity index (χ2n) is 22.4. The third kappa shape index (κ3) is 11.2. The van der Waals surface area contributed by atoms with Gasteiger partial charge in [-0.3, -0.25) is 9.36 Å². The minimum atomic E-state index is -2.46. The molecule has 5 aromatic carbocycles. The predicted octanol–water partition coefficient (Wildman–Crippen LogP) is 11.6. The number of hydrogen-bond donors (Lipinski definition) is 1. The van der Waals surface area contributed by atoms with Gasteiger partial charge in [0.1, 0.15) is 56.6 Å². The predicted molar refractivity (Wildman–Crippen MR) is 319 cm³/mol. The summed E-state index contributed by atoms with van der Waals surface area (Å²) in [5.74, 6) is 1.44. The molecule has 18 heteroatoms. The van der Waals surface area contributed by atoms with Gasteiger partial charge in [0.15, 0.2) is 23.2 Å². The van der Waals surface area contributed by atoms with Crippen LogP contribution in [0.5, 0.6) is 11.5 Å². The lowest BCUT2D eigenvalue weighted by molar-refractivity contribution is -0.114. The van der Waals surface area contributed by atoms with Crippen molar-refractivity contribution < 1.29 is 42.0 Å². The summed E-state index contributed by atoms with van der Waals surface area (Å²) in [6.45, 7) is 18.4. The first-order valence-corrected chi connectivity index (χ1v) is 34.1. The Bertz CT molecular complexity index is 3030. The summed E-state index contributed by atoms with van der Waals surface area (Å²) in [6.07, 6.45) is 1.77. The Labute approximate surface area is 474 Å². The first-order chi connectivity index (χ1) is 38.7. The molecule has 3 aliphatic rings. The molecule has 2 aromatic heterocycles. The number of nitrogens with zero attached hydrogens (tertiary/aromatic N) is 5. The van der Waals surface area contributed by atoms with Crippen LogP contribution in [0.15, 0.2) is 152 Å². The summed E-state index contributed by atoms with van der Waals surface area (Å²) in [5.41, 5.74) is 3.23. The normalized spacial score (nSPS) is 21.7. The van der Waals surface area contributed by atoms with E-state index < -0.39 is 55.1 Å². The Morgan fingerprint density at radius 2 is 1.30 bits per heavy atom. The number of methoxy groups -OCH3 is 2. The molecule has 0 saturated carbocycles. The van der Waals surface area contributed by atoms with Gasteiger partial charge in [0.05, 0.1) is 33.3 Å². The molecule has 0 radical (unpaired) electrons. The van der Waals surface area contributed by atoms with E-state index in [9.17, 15) is 4.79 Å². The highest BCUT2D eigenvalue weighted by Crippen LogP contribution is 2.59. The first-order valence-electron chi connectivity index (χ1n) is 28.1. The molecule has 80 heavy (non-hydrogen) atoms. The summed E-state index contributed by atoms with van der Waals surface area (Å²) in [7, 11) is -3.16. The van der Waals surface area contributed by atoms with Crippen molar-refractivity contribution in [2.24, 2.45) is 0 Å². The lowest BCUT2D eigenvalue weighted by Gasteiger charge is -2.42. The average Bonchev–Trinajstić information content (AvgIpc) is 4.20. The summed E-state index contributed by atoms with van der Waals surface area (Å²) in [4.78, 5) is 26.5. The number of carbonyl (C=O) groups excluding carboxylic acids is 1. The van der Waals surface area contributed by atoms with Gasteiger partial charge < -0.3 is 42.5 Å². The third-order valence-electron chi connectivity index (χ3n) is 16.9. The van der Waals surface area contributed by atoms with Gasteiger partial charge in [-0.2, -0.15) is 0 Å². The molecule has 15 nitrogen and oxygen atoms in total. The average molecular weight is 1140 g/mol. The lowest BCUT2D eigenvalue weighted by atomic mass is 9.80. The van der Waals surface area contributed by atoms with Crippen LogP contribution in [0.2, 0.25) is 29.2 Å². The van der Waals surface area contributed by atoms with Gasteiger partial charge in [0, 0.05) is 19.5 Å². The van der Waals surface area contributed by atoms with Crippen molar-refractivity contribution in [3.8, 4) is 11.5 Å². The largest absolute Gasteiger partial charge is 0.497 e. The second kappa shape index (κ2) is 24.8. The van der Waals surface area contributed by atoms with Gasteiger partial charge in [-0.25, -0.2) is 19.6 Å². The van der Waals surface area contributed by atoms with Gasteiger partial charge in [-0.05, 0) is 76.5 Å². The van der Waals surface area contributed by atoms with E-state index in [-0.39, 0.29) is 37.3 Å². The van der Waals surface area contributed by atoms with Gasteiger partial charge in [-0.15, -0.1) is 0 Å². The standard InChI is InChI=1S/C62H77N6O9PSi2/c1-42(2)80(43(3)4,44(5)6)74-41-72-58-57(77-78-68-36-20-27-53(68)55(76-78)38-79(10,51-23-16-12-17-24-51)52-25-18-13-19-26-52)54(75-61(58)67-40-65-56-59(66-45(7)69)63-39-64-60(56)67)37-73-62(46-21-14-11-15-22-46,47-28-32-49(70-8)33-29-47)48-30-34-50(71-9)35-31-48/h11-19,21-26,28-35,39-40,42-44,53-55,57-58,61H,20,27,36-38,41H2,1-10H3,(H,63,64,66,69)/t53-,54-,55+,57+,58?,61-,78+/m1/s1. The summed E-state index contributed by atoms with van der Waals surface area (Å²) in [6, 6.07) is 49.3. The maximum absolute atomic E-state index is 12.5. The van der Waals surface area contributed by atoms with Crippen molar-refractivity contribution in [1.82, 2.24) is 24.2 Å². The number of benzene rings is 5. The zero-order valence-corrected chi connectivity index (χ0v) is 50.6. The minimum absolute atomic E-state index is 0.00498. The van der Waals surface area contributed by atoms with Crippen LogP contribution in [-0.4, -0.2) is 111 Å². The number of imidazole rings is 1. The van der Waals surface area contributed by atoms with E-state index in [1.165, 1.54) is 23.6 Å². The van der Waals surface area contributed by atoms with Crippen LogP contribution in [0, 0.1) is 0 Å². The Morgan fingerprint density at radius 3 is 1.85 bits per heavy atom. The SMILES string of the molecule is COc1ccc(C(OC[C@H]2O[C@@H](n3cnc4c(NC(C)=O)ncnc43)C(OCO[Si](C(C)C)(C(C)C)C(C)C)[C@H]2O[P@]2O[C@@H](C[Si](C)(c3ccccc3)c3ccccc3)[C@H]3CCCN32)(c2ccccc2)c2ccc(OC)cc2)cc1. The quantitative estimate of drug-likeness (QED) is 0.0280. The number of aromatic nitrogens is 4. The van der Waals surface area contributed by atoms with Crippen LogP contribution in [0.25, 0.3) is 11.2 Å². The second-order valence-corrected chi connectivity index (χ2v) is 33.5. The minimum Gasteiger partial charge on any atom is -0.497 e. The number of hydrogen-bond acceptors (Lipinski definition) is 13. The Morgan fingerprint density at radius 1 is 0.738 bits per heavy atom. The number of ether oxygens (including phenoxy) is 5. The Balaban J connectivity index is 1.09. The van der Waals surface area contributed by atoms with Crippen molar-refractivity contribution in [3.63, 3.8) is 0 Å². The van der Waals surface area contributed by atoms with Crippen LogP contribution in [0.4, 0.5) is 5.82 Å². The van der Waals surface area contributed by atoms with Crippen LogP contribution in [0.3, 0.4) is 0 Å². The zero-order chi connectivity index (χ0) is 56.2. The first kappa shape index (κ1) is 57.5. The van der Waals surface area contributed by atoms with Crippen molar-refractivity contribution >= 4 is 58.2 Å². The molecule has 1 N–H and O–H groups in total. The number of rotatable bonds is 23. The smallest absolute Gasteiger partial charge is 0.259 e. The molecule has 1 amide bonds. The van der Waals surface area contributed by atoms with Gasteiger partial charge in [-0.1, -0.05) is 174 Å². The van der Waals surface area contributed by atoms with Gasteiger partial charge >= 0.3 is 0 Å². The fourth-order valence-corrected chi connectivity index (χ4v) is 24.3. The van der Waals surface area contributed by atoms with Crippen LogP contribution < -0.4 is 25.2 Å². The van der Waals surface area contributed by atoms with Crippen LogP contribution >= 0.6 is 8.53 Å². The molecule has 5 heterocycles. The molecule has 0 spiro atoms. The number of anilines is 1. The van der Waals surface area contributed by atoms with E-state index in [4.69, 9.17) is 47.1 Å². The topological polar surface area (TPSA) is 150 Å². The van der Waals surface area contributed by atoms with E-state index in [1.54, 1.807) is 20.5 Å². The molecule has 7 aromatic rings. The molecule has 0 bridgehead atoms. The monoisotopic (exact) mass is 1140 g/mol. The Kier molecular flexibility index (Phi) is 17.8. The summed E-state index contributed by atoms with van der Waals surface area (Å²) >= 11 is 0. The fourth-order valence-electron chi connectivity index (χ4n) is 13.0. The lowest BCUT2D eigenvalue weighted by Crippen LogP contribution is -2.58. The molecule has 422 valence electrons. The molecule has 3 aliphatic heterocycles. The van der Waals surface area contributed by atoms with E-state index >= 15 is 0 Å². The summed E-state index contributed by atoms with van der Waals surface area (Å²) in [5, 5.41) is 5.58. The van der Waals surface area contributed by atoms with Crippen LogP contribution in [0.1, 0.15) is 84.2 Å². The number of amides is 1. The van der Waals surface area contributed by atoms with Crippen molar-refractivity contribution in [2.75, 3.05) is 39.5 Å². The highest BCUT2D eigenvalue weighted by atomic mass is 31.2. The maximum atomic E-state index is 12.5. The molecular weight excluding hydrogens is 1060 g/mol. The molecule has 0 aliphatic carbocycles. The van der Waals surface area contributed by atoms with E-state index in [2.05, 4.69) is 160 Å².